The summed E-state index contributed by atoms with van der Waals surface area (Å²) in [5.74, 6) is -0.951. The van der Waals surface area contributed by atoms with Gasteiger partial charge in [-0.3, -0.25) is 9.59 Å². The number of nitrogens with zero attached hydrogens (tertiary/aromatic N) is 1. The molecular weight excluding hydrogens is 350 g/mol. The van der Waals surface area contributed by atoms with Crippen molar-refractivity contribution in [1.29, 1.82) is 0 Å². The minimum absolute atomic E-state index is 0.106. The van der Waals surface area contributed by atoms with E-state index >= 15 is 0 Å². The van der Waals surface area contributed by atoms with E-state index in [0.717, 1.165) is 12.0 Å². The Morgan fingerprint density at radius 1 is 1.15 bits per heavy atom. The summed E-state index contributed by atoms with van der Waals surface area (Å²) < 4.78 is 4.79. The molecule has 3 rings (SSSR count). The van der Waals surface area contributed by atoms with Crippen molar-refractivity contribution in [2.24, 2.45) is 0 Å². The first-order chi connectivity index (χ1) is 12.5. The Balaban J connectivity index is 1.82. The fourth-order valence-electron chi connectivity index (χ4n) is 2.85. The van der Waals surface area contributed by atoms with Gasteiger partial charge in [0.15, 0.2) is 0 Å². The molecule has 6 heteroatoms. The number of ether oxygens (including phenoxy) is 1. The summed E-state index contributed by atoms with van der Waals surface area (Å²) in [6.07, 6.45) is 1.000. The molecule has 0 bridgehead atoms. The van der Waals surface area contributed by atoms with E-state index in [1.165, 1.54) is 23.8 Å². The fraction of sp³-hybridized carbons (Fsp3) is 0.250. The summed E-state index contributed by atoms with van der Waals surface area (Å²) >= 11 is 1.23. The average Bonchev–Trinajstić information content (AvgIpc) is 2.95. The van der Waals surface area contributed by atoms with Crippen molar-refractivity contribution in [2.45, 2.75) is 29.9 Å². The van der Waals surface area contributed by atoms with Crippen LogP contribution in [-0.2, 0) is 20.7 Å². The van der Waals surface area contributed by atoms with E-state index in [-0.39, 0.29) is 18.2 Å². The normalized spacial score (nSPS) is 16.8. The Morgan fingerprint density at radius 2 is 1.85 bits per heavy atom. The van der Waals surface area contributed by atoms with Crippen LogP contribution >= 0.6 is 11.8 Å². The first-order valence-electron chi connectivity index (χ1n) is 8.35. The molecule has 1 atom stereocenters. The fourth-order valence-corrected chi connectivity index (χ4v) is 4.02. The van der Waals surface area contributed by atoms with E-state index in [2.05, 4.69) is 0 Å². The molecule has 134 valence electrons. The van der Waals surface area contributed by atoms with Gasteiger partial charge in [0.2, 0.25) is 11.8 Å². The van der Waals surface area contributed by atoms with Crippen LogP contribution in [-0.4, -0.2) is 30.1 Å². The number of hydrogen-bond acceptors (Lipinski definition) is 5. The van der Waals surface area contributed by atoms with Gasteiger partial charge in [0.25, 0.3) is 0 Å². The summed E-state index contributed by atoms with van der Waals surface area (Å²) in [5.41, 5.74) is 2.12. The highest BCUT2D eigenvalue weighted by molar-refractivity contribution is 8.00. The van der Waals surface area contributed by atoms with Gasteiger partial charge in [-0.25, -0.2) is 9.69 Å². The van der Waals surface area contributed by atoms with Crippen molar-refractivity contribution in [2.75, 3.05) is 12.0 Å². The van der Waals surface area contributed by atoms with Gasteiger partial charge >= 0.3 is 5.97 Å². The lowest BCUT2D eigenvalue weighted by Crippen LogP contribution is -2.31. The molecule has 1 saturated heterocycles. The predicted octanol–water partition coefficient (Wildman–Crippen LogP) is 3.46. The first-order valence-corrected chi connectivity index (χ1v) is 9.22. The number of carbonyl (C=O) groups is 3. The Kier molecular flexibility index (Phi) is 5.42. The van der Waals surface area contributed by atoms with Crippen LogP contribution in [0.25, 0.3) is 0 Å². The zero-order valence-electron chi connectivity index (χ0n) is 14.6. The molecule has 1 aliphatic heterocycles. The van der Waals surface area contributed by atoms with E-state index in [1.807, 2.05) is 19.1 Å². The highest BCUT2D eigenvalue weighted by atomic mass is 32.2. The van der Waals surface area contributed by atoms with Crippen LogP contribution in [0.3, 0.4) is 0 Å². The molecule has 0 spiro atoms. The van der Waals surface area contributed by atoms with E-state index in [9.17, 15) is 14.4 Å². The maximum Gasteiger partial charge on any atom is 0.338 e. The maximum atomic E-state index is 12.8. The van der Waals surface area contributed by atoms with Crippen molar-refractivity contribution in [3.63, 3.8) is 0 Å². The van der Waals surface area contributed by atoms with Crippen molar-refractivity contribution in [3.8, 4) is 0 Å². The topological polar surface area (TPSA) is 63.7 Å². The molecule has 0 aromatic heterocycles. The van der Waals surface area contributed by atoms with Gasteiger partial charge in [0, 0.05) is 11.3 Å². The Hall–Kier alpha value is -2.60. The van der Waals surface area contributed by atoms with E-state index in [1.54, 1.807) is 36.4 Å². The molecule has 1 heterocycles. The molecule has 1 fully saturated rings. The number of amides is 2. The highest BCUT2D eigenvalue weighted by Gasteiger charge is 2.40. The van der Waals surface area contributed by atoms with E-state index in [0.29, 0.717) is 16.1 Å². The number of hydrogen-bond donors (Lipinski definition) is 0. The predicted molar refractivity (Wildman–Crippen MR) is 100 cm³/mol. The van der Waals surface area contributed by atoms with Crippen molar-refractivity contribution < 1.29 is 19.1 Å². The van der Waals surface area contributed by atoms with Gasteiger partial charge in [0.05, 0.1) is 23.6 Å². The van der Waals surface area contributed by atoms with Crippen LogP contribution in [0.1, 0.15) is 29.3 Å². The first kappa shape index (κ1) is 18.2. The van der Waals surface area contributed by atoms with Crippen LogP contribution in [0.5, 0.6) is 0 Å². The van der Waals surface area contributed by atoms with Crippen LogP contribution in [0.15, 0.2) is 53.4 Å². The highest BCUT2D eigenvalue weighted by Crippen LogP contribution is 2.35. The van der Waals surface area contributed by atoms with Crippen LogP contribution in [0, 0.1) is 0 Å². The summed E-state index contributed by atoms with van der Waals surface area (Å²) in [6.45, 7) is 2.05. The standard InChI is InChI=1S/C20H19NO4S/c1-3-13-8-10-14(11-9-13)21-18(22)12-17(19(21)23)26-16-7-5-4-6-15(16)20(24)25-2/h4-11,17H,3,12H2,1-2H3/t17-/m0/s1. The van der Waals surface area contributed by atoms with E-state index < -0.39 is 11.2 Å². The molecule has 0 aliphatic carbocycles. The molecular formula is C20H19NO4S. The van der Waals surface area contributed by atoms with Crippen LogP contribution < -0.4 is 4.90 Å². The van der Waals surface area contributed by atoms with Crippen LogP contribution in [0.4, 0.5) is 5.69 Å². The minimum Gasteiger partial charge on any atom is -0.465 e. The third kappa shape index (κ3) is 3.51. The summed E-state index contributed by atoms with van der Waals surface area (Å²) in [4.78, 5) is 39.0. The van der Waals surface area contributed by atoms with Gasteiger partial charge in [0.1, 0.15) is 0 Å². The summed E-state index contributed by atoms with van der Waals surface area (Å²) in [6, 6.07) is 14.4. The number of rotatable bonds is 5. The molecule has 2 aromatic rings. The maximum absolute atomic E-state index is 12.8. The third-order valence-corrected chi connectivity index (χ3v) is 5.53. The second kappa shape index (κ2) is 7.74. The number of anilines is 1. The van der Waals surface area contributed by atoms with Crippen molar-refractivity contribution in [3.05, 3.63) is 59.7 Å². The van der Waals surface area contributed by atoms with Gasteiger partial charge < -0.3 is 4.74 Å². The average molecular weight is 369 g/mol. The third-order valence-electron chi connectivity index (χ3n) is 4.27. The second-order valence-corrected chi connectivity index (χ2v) is 7.13. The van der Waals surface area contributed by atoms with Crippen molar-refractivity contribution in [1.82, 2.24) is 0 Å². The number of aryl methyl sites for hydroxylation is 1. The molecule has 5 nitrogen and oxygen atoms in total. The number of carbonyl (C=O) groups excluding carboxylic acids is 3. The van der Waals surface area contributed by atoms with Crippen LogP contribution in [0.2, 0.25) is 0 Å². The molecule has 0 radical (unpaired) electrons. The second-order valence-electron chi connectivity index (χ2n) is 5.89. The quantitative estimate of drug-likeness (QED) is 0.597. The summed E-state index contributed by atoms with van der Waals surface area (Å²) in [5, 5.41) is -0.556. The number of esters is 1. The Labute approximate surface area is 156 Å². The lowest BCUT2D eigenvalue weighted by atomic mass is 10.1. The van der Waals surface area contributed by atoms with Gasteiger partial charge in [-0.15, -0.1) is 11.8 Å². The number of benzene rings is 2. The van der Waals surface area contributed by atoms with Crippen molar-refractivity contribution >= 4 is 35.2 Å². The zero-order chi connectivity index (χ0) is 18.7. The Morgan fingerprint density at radius 3 is 2.50 bits per heavy atom. The van der Waals surface area contributed by atoms with E-state index in [4.69, 9.17) is 4.74 Å². The van der Waals surface area contributed by atoms with Gasteiger partial charge in [-0.05, 0) is 36.2 Å². The molecule has 0 unspecified atom stereocenters. The molecule has 0 N–H and O–H groups in total. The SMILES string of the molecule is CCc1ccc(N2C(=O)C[C@H](Sc3ccccc3C(=O)OC)C2=O)cc1. The zero-order valence-corrected chi connectivity index (χ0v) is 15.4. The number of methoxy groups -OCH3 is 1. The largest absolute Gasteiger partial charge is 0.465 e. The smallest absolute Gasteiger partial charge is 0.338 e. The van der Waals surface area contributed by atoms with Gasteiger partial charge in [-0.1, -0.05) is 31.2 Å². The monoisotopic (exact) mass is 369 g/mol. The molecule has 2 amide bonds. The lowest BCUT2D eigenvalue weighted by Gasteiger charge is -2.16. The molecule has 0 saturated carbocycles. The number of thioether (sulfide) groups is 1. The summed E-state index contributed by atoms with van der Waals surface area (Å²) in [7, 11) is 1.32. The Bertz CT molecular complexity index is 847. The molecule has 26 heavy (non-hydrogen) atoms. The molecule has 1 aliphatic rings. The number of imide groups is 1. The van der Waals surface area contributed by atoms with Gasteiger partial charge in [-0.2, -0.15) is 0 Å². The lowest BCUT2D eigenvalue weighted by molar-refractivity contribution is -0.121. The molecule has 2 aromatic carbocycles. The minimum atomic E-state index is -0.556.